The summed E-state index contributed by atoms with van der Waals surface area (Å²) in [5.74, 6) is 0.0251. The fraction of sp³-hybridized carbons (Fsp3) is 0.375. The average molecular weight is 496 g/mol. The van der Waals surface area contributed by atoms with Gasteiger partial charge in [0.2, 0.25) is 18.1 Å². The Kier molecular flexibility index (Phi) is 7.84. The van der Waals surface area contributed by atoms with Gasteiger partial charge in [-0.2, -0.15) is 5.26 Å². The number of carbonyl (C=O) groups is 1. The van der Waals surface area contributed by atoms with Crippen LogP contribution in [0, 0.1) is 22.6 Å². The summed E-state index contributed by atoms with van der Waals surface area (Å²) in [7, 11) is 0. The van der Waals surface area contributed by atoms with Crippen molar-refractivity contribution in [2.45, 2.75) is 19.6 Å². The van der Waals surface area contributed by atoms with E-state index in [1.807, 2.05) is 6.07 Å². The van der Waals surface area contributed by atoms with E-state index in [9.17, 15) is 9.18 Å². The largest absolute Gasteiger partial charge is 0.396 e. The number of benzene rings is 1. The molecule has 0 radical (unpaired) electrons. The molecular formula is C24H26FN7O4. The highest BCUT2D eigenvalue weighted by Crippen LogP contribution is 2.35. The molecule has 0 saturated carbocycles. The Balaban J connectivity index is 1.60. The van der Waals surface area contributed by atoms with Gasteiger partial charge in [0.1, 0.15) is 12.4 Å². The minimum atomic E-state index is -0.894. The number of aromatic nitrogens is 4. The lowest BCUT2D eigenvalue weighted by Crippen LogP contribution is -2.48. The maximum Gasteiger partial charge on any atom is 0.230 e. The first kappa shape index (κ1) is 25.2. The molecule has 2 aromatic heterocycles. The molecule has 1 aliphatic heterocycles. The van der Waals surface area contributed by atoms with Crippen molar-refractivity contribution in [2.24, 2.45) is 5.41 Å². The molecule has 1 saturated heterocycles. The minimum absolute atomic E-state index is 0.00843. The molecule has 188 valence electrons. The fourth-order valence-corrected chi connectivity index (χ4v) is 3.60. The zero-order valence-corrected chi connectivity index (χ0v) is 19.6. The monoisotopic (exact) mass is 495 g/mol. The lowest BCUT2D eigenvalue weighted by molar-refractivity contribution is -0.231. The maximum atomic E-state index is 13.6. The second-order valence-electron chi connectivity index (χ2n) is 8.48. The number of aliphatic hydroxyl groups is 1. The predicted molar refractivity (Wildman–Crippen MR) is 127 cm³/mol. The van der Waals surface area contributed by atoms with Gasteiger partial charge < -0.3 is 30.2 Å². The molecule has 1 aliphatic rings. The third kappa shape index (κ3) is 5.65. The lowest BCUT2D eigenvalue weighted by Gasteiger charge is -2.35. The number of carbonyl (C=O) groups excluding carboxylic acids is 1. The van der Waals surface area contributed by atoms with Crippen LogP contribution < -0.4 is 10.6 Å². The molecule has 1 fully saturated rings. The van der Waals surface area contributed by atoms with E-state index < -0.39 is 11.7 Å². The van der Waals surface area contributed by atoms with Crippen molar-refractivity contribution < 1.29 is 23.8 Å². The summed E-state index contributed by atoms with van der Waals surface area (Å²) in [6.07, 6.45) is 1.14. The molecule has 0 spiro atoms. The Morgan fingerprint density at radius 2 is 2.03 bits per heavy atom. The van der Waals surface area contributed by atoms with Gasteiger partial charge in [0, 0.05) is 24.9 Å². The van der Waals surface area contributed by atoms with Crippen molar-refractivity contribution in [2.75, 3.05) is 38.2 Å². The molecule has 3 heterocycles. The molecule has 4 rings (SSSR count). The van der Waals surface area contributed by atoms with Crippen molar-refractivity contribution in [3.05, 3.63) is 48.2 Å². The SMILES string of the molecule is CC1(C(=O)NCCCO)COC(c2nc(-c3ccc(F)cc3)c(-c3ccnc(NCC#N)n3)[nH]2)OC1. The smallest absolute Gasteiger partial charge is 0.230 e. The second-order valence-corrected chi connectivity index (χ2v) is 8.48. The van der Waals surface area contributed by atoms with Crippen molar-refractivity contribution in [3.8, 4) is 28.7 Å². The molecular weight excluding hydrogens is 469 g/mol. The normalized spacial score (nSPS) is 19.4. The Hall–Kier alpha value is -3.92. The number of aromatic amines is 1. The van der Waals surface area contributed by atoms with Crippen LogP contribution in [0.2, 0.25) is 0 Å². The van der Waals surface area contributed by atoms with Crippen molar-refractivity contribution in [1.29, 1.82) is 5.26 Å². The van der Waals surface area contributed by atoms with Crippen LogP contribution in [0.4, 0.5) is 10.3 Å². The Morgan fingerprint density at radius 3 is 2.72 bits per heavy atom. The number of anilines is 1. The highest BCUT2D eigenvalue weighted by molar-refractivity contribution is 5.82. The van der Waals surface area contributed by atoms with E-state index in [2.05, 4.69) is 30.6 Å². The number of halogens is 1. The number of nitriles is 1. The van der Waals surface area contributed by atoms with Crippen molar-refractivity contribution >= 4 is 11.9 Å². The Labute approximate surface area is 206 Å². The third-order valence-corrected chi connectivity index (χ3v) is 5.58. The second kappa shape index (κ2) is 11.2. The number of nitrogens with zero attached hydrogens (tertiary/aromatic N) is 4. The van der Waals surface area contributed by atoms with Crippen molar-refractivity contribution in [3.63, 3.8) is 0 Å². The fourth-order valence-electron chi connectivity index (χ4n) is 3.60. The number of imidazole rings is 1. The highest BCUT2D eigenvalue weighted by Gasteiger charge is 2.40. The topological polar surface area (TPSA) is 158 Å². The summed E-state index contributed by atoms with van der Waals surface area (Å²) in [5, 5.41) is 23.3. The quantitative estimate of drug-likeness (QED) is 0.258. The number of hydrogen-bond donors (Lipinski definition) is 4. The summed E-state index contributed by atoms with van der Waals surface area (Å²) < 4.78 is 25.3. The molecule has 12 heteroatoms. The zero-order chi connectivity index (χ0) is 25.5. The molecule has 0 aliphatic carbocycles. The first-order chi connectivity index (χ1) is 17.4. The molecule has 0 bridgehead atoms. The van der Waals surface area contributed by atoms with Crippen LogP contribution in [0.15, 0.2) is 36.5 Å². The number of rotatable bonds is 9. The van der Waals surface area contributed by atoms with Gasteiger partial charge in [0.05, 0.1) is 41.8 Å². The molecule has 4 N–H and O–H groups in total. The Morgan fingerprint density at radius 1 is 1.28 bits per heavy atom. The minimum Gasteiger partial charge on any atom is -0.396 e. The molecule has 1 aromatic carbocycles. The van der Waals surface area contributed by atoms with Crippen LogP contribution in [0.1, 0.15) is 25.5 Å². The molecule has 1 amide bonds. The number of nitrogens with one attached hydrogen (secondary N) is 3. The number of amides is 1. The van der Waals surface area contributed by atoms with Gasteiger partial charge in [-0.3, -0.25) is 4.79 Å². The number of H-pyrrole nitrogens is 1. The summed E-state index contributed by atoms with van der Waals surface area (Å²) >= 11 is 0. The molecule has 0 unspecified atom stereocenters. The zero-order valence-electron chi connectivity index (χ0n) is 19.6. The van der Waals surface area contributed by atoms with Crippen LogP contribution in [0.25, 0.3) is 22.6 Å². The van der Waals surface area contributed by atoms with Crippen LogP contribution in [0.5, 0.6) is 0 Å². The molecule has 11 nitrogen and oxygen atoms in total. The van der Waals surface area contributed by atoms with Gasteiger partial charge >= 0.3 is 0 Å². The predicted octanol–water partition coefficient (Wildman–Crippen LogP) is 2.16. The summed E-state index contributed by atoms with van der Waals surface area (Å²) in [6.45, 7) is 2.33. The standard InChI is InChI=1S/C24H26FN7O4/c1-24(22(34)27-9-2-12-33)13-35-21(36-14-24)20-31-18(15-3-5-16(25)6-4-15)19(32-20)17-7-10-28-23(30-17)29-11-8-26/h3-7,10,21,33H,2,9,11-14H2,1H3,(H,27,34)(H,31,32)(H,28,29,30). The summed E-state index contributed by atoms with van der Waals surface area (Å²) in [5.41, 5.74) is 1.27. The lowest BCUT2D eigenvalue weighted by atomic mass is 9.91. The summed E-state index contributed by atoms with van der Waals surface area (Å²) in [4.78, 5) is 29.0. The number of aliphatic hydroxyl groups excluding tert-OH is 1. The van der Waals surface area contributed by atoms with E-state index in [1.165, 1.54) is 12.1 Å². The van der Waals surface area contributed by atoms with E-state index >= 15 is 0 Å². The van der Waals surface area contributed by atoms with Gasteiger partial charge in [-0.1, -0.05) is 0 Å². The van der Waals surface area contributed by atoms with Crippen molar-refractivity contribution in [1.82, 2.24) is 25.3 Å². The molecule has 0 atom stereocenters. The average Bonchev–Trinajstić information content (AvgIpc) is 3.34. The van der Waals surface area contributed by atoms with E-state index in [-0.39, 0.29) is 44.0 Å². The van der Waals surface area contributed by atoms with Gasteiger partial charge in [-0.05, 0) is 43.7 Å². The van der Waals surface area contributed by atoms with E-state index in [1.54, 1.807) is 31.3 Å². The van der Waals surface area contributed by atoms with E-state index in [4.69, 9.17) is 19.8 Å². The first-order valence-electron chi connectivity index (χ1n) is 11.4. The van der Waals surface area contributed by atoms with Gasteiger partial charge in [-0.15, -0.1) is 0 Å². The van der Waals surface area contributed by atoms with E-state index in [0.717, 1.165) is 0 Å². The van der Waals surface area contributed by atoms with Gasteiger partial charge in [-0.25, -0.2) is 19.3 Å². The van der Waals surface area contributed by atoms with Crippen LogP contribution in [-0.2, 0) is 14.3 Å². The van der Waals surface area contributed by atoms with E-state index in [0.29, 0.717) is 41.4 Å². The highest BCUT2D eigenvalue weighted by atomic mass is 19.1. The van der Waals surface area contributed by atoms with Crippen LogP contribution >= 0.6 is 0 Å². The number of ether oxygens (including phenoxy) is 2. The summed E-state index contributed by atoms with van der Waals surface area (Å²) in [6, 6.07) is 9.53. The third-order valence-electron chi connectivity index (χ3n) is 5.58. The molecule has 3 aromatic rings. The van der Waals surface area contributed by atoms with Gasteiger partial charge in [0.15, 0.2) is 5.82 Å². The molecule has 36 heavy (non-hydrogen) atoms. The Bertz CT molecular complexity index is 1230. The van der Waals surface area contributed by atoms with Gasteiger partial charge in [0.25, 0.3) is 0 Å². The maximum absolute atomic E-state index is 13.6. The first-order valence-corrected chi connectivity index (χ1v) is 11.4. The van der Waals surface area contributed by atoms with Crippen LogP contribution in [0.3, 0.4) is 0 Å². The van der Waals surface area contributed by atoms with Crippen LogP contribution in [-0.4, -0.2) is 63.9 Å². The number of hydrogen-bond acceptors (Lipinski definition) is 9.